The van der Waals surface area contributed by atoms with Crippen LogP contribution in [-0.2, 0) is 0 Å². The molecule has 0 aliphatic heterocycles. The Bertz CT molecular complexity index is 554. The van der Waals surface area contributed by atoms with Gasteiger partial charge in [-0.25, -0.2) is 4.79 Å². The number of carboxylic acids is 1. The van der Waals surface area contributed by atoms with Crippen LogP contribution in [0.25, 0.3) is 0 Å². The molecule has 120 valence electrons. The summed E-state index contributed by atoms with van der Waals surface area (Å²) in [5, 5.41) is 11.4. The van der Waals surface area contributed by atoms with Crippen LogP contribution in [-0.4, -0.2) is 29.2 Å². The third-order valence-electron chi connectivity index (χ3n) is 3.87. The normalized spacial score (nSPS) is 22.1. The zero-order valence-electron chi connectivity index (χ0n) is 11.7. The lowest BCUT2D eigenvalue weighted by Crippen LogP contribution is -2.41. The molecule has 0 spiro atoms. The number of hydrogen-bond acceptors (Lipinski definition) is 2. The SMILES string of the molecule is O=C(O)c1ccc(C(=O)NC2CCCC(C(F)(F)F)C2)cc1. The monoisotopic (exact) mass is 315 g/mol. The van der Waals surface area contributed by atoms with Gasteiger partial charge in [0.25, 0.3) is 5.91 Å². The summed E-state index contributed by atoms with van der Waals surface area (Å²) in [6, 6.07) is 4.77. The van der Waals surface area contributed by atoms with E-state index in [0.29, 0.717) is 12.8 Å². The Kier molecular flexibility index (Phi) is 4.73. The van der Waals surface area contributed by atoms with Crippen molar-refractivity contribution in [1.29, 1.82) is 0 Å². The molecule has 1 aromatic rings. The van der Waals surface area contributed by atoms with E-state index in [4.69, 9.17) is 5.11 Å². The Morgan fingerprint density at radius 2 is 1.68 bits per heavy atom. The van der Waals surface area contributed by atoms with Gasteiger partial charge in [0, 0.05) is 11.6 Å². The number of benzene rings is 1. The number of carbonyl (C=O) groups is 2. The molecule has 1 aromatic carbocycles. The molecule has 0 heterocycles. The molecule has 0 bridgehead atoms. The predicted octanol–water partition coefficient (Wildman–Crippen LogP) is 3.24. The summed E-state index contributed by atoms with van der Waals surface area (Å²) < 4.78 is 38.2. The first-order valence-electron chi connectivity index (χ1n) is 6.98. The van der Waals surface area contributed by atoms with Crippen molar-refractivity contribution in [1.82, 2.24) is 5.32 Å². The predicted molar refractivity (Wildman–Crippen MR) is 72.7 cm³/mol. The molecule has 1 amide bonds. The van der Waals surface area contributed by atoms with Gasteiger partial charge in [0.2, 0.25) is 0 Å². The number of carboxylic acid groups (broad SMARTS) is 1. The van der Waals surface area contributed by atoms with Crippen molar-refractivity contribution >= 4 is 11.9 Å². The fraction of sp³-hybridized carbons (Fsp3) is 0.467. The molecule has 0 aromatic heterocycles. The van der Waals surface area contributed by atoms with Crippen molar-refractivity contribution in [2.75, 3.05) is 0 Å². The Labute approximate surface area is 125 Å². The number of hydrogen-bond donors (Lipinski definition) is 2. The van der Waals surface area contributed by atoms with Crippen LogP contribution in [0.3, 0.4) is 0 Å². The molecule has 1 aliphatic carbocycles. The molecule has 2 rings (SSSR count). The van der Waals surface area contributed by atoms with Gasteiger partial charge >= 0.3 is 12.1 Å². The standard InChI is InChI=1S/C15H16F3NO3/c16-15(17,18)11-2-1-3-12(8-11)19-13(20)9-4-6-10(7-5-9)14(21)22/h4-7,11-12H,1-3,8H2,(H,19,20)(H,21,22). The van der Waals surface area contributed by atoms with Gasteiger partial charge in [0.15, 0.2) is 0 Å². The molecule has 22 heavy (non-hydrogen) atoms. The van der Waals surface area contributed by atoms with Crippen LogP contribution in [0.5, 0.6) is 0 Å². The lowest BCUT2D eigenvalue weighted by atomic mass is 9.85. The summed E-state index contributed by atoms with van der Waals surface area (Å²) in [6.45, 7) is 0. The van der Waals surface area contributed by atoms with Crippen LogP contribution in [0.1, 0.15) is 46.4 Å². The van der Waals surface area contributed by atoms with E-state index in [1.54, 1.807) is 0 Å². The zero-order valence-corrected chi connectivity index (χ0v) is 11.7. The van der Waals surface area contributed by atoms with Gasteiger partial charge in [0.05, 0.1) is 11.5 Å². The largest absolute Gasteiger partial charge is 0.478 e. The summed E-state index contributed by atoms with van der Waals surface area (Å²) in [7, 11) is 0. The molecular weight excluding hydrogens is 299 g/mol. The molecule has 1 fully saturated rings. The summed E-state index contributed by atoms with van der Waals surface area (Å²) >= 11 is 0. The van der Waals surface area contributed by atoms with Gasteiger partial charge in [-0.3, -0.25) is 4.79 Å². The van der Waals surface area contributed by atoms with Gasteiger partial charge in [-0.1, -0.05) is 6.42 Å². The smallest absolute Gasteiger partial charge is 0.391 e. The molecule has 2 atom stereocenters. The van der Waals surface area contributed by atoms with E-state index in [9.17, 15) is 22.8 Å². The molecule has 1 saturated carbocycles. The molecule has 7 heteroatoms. The fourth-order valence-electron chi connectivity index (χ4n) is 2.65. The average molecular weight is 315 g/mol. The van der Waals surface area contributed by atoms with Gasteiger partial charge in [-0.05, 0) is 43.5 Å². The highest BCUT2D eigenvalue weighted by Crippen LogP contribution is 2.37. The summed E-state index contributed by atoms with van der Waals surface area (Å²) in [4.78, 5) is 22.7. The minimum absolute atomic E-state index is 0.0475. The number of rotatable bonds is 3. The summed E-state index contributed by atoms with van der Waals surface area (Å²) in [6.07, 6.45) is -3.29. The molecule has 0 saturated heterocycles. The van der Waals surface area contributed by atoms with Crippen molar-refractivity contribution in [2.45, 2.75) is 37.9 Å². The minimum Gasteiger partial charge on any atom is -0.478 e. The van der Waals surface area contributed by atoms with Crippen LogP contribution >= 0.6 is 0 Å². The van der Waals surface area contributed by atoms with E-state index in [-0.39, 0.29) is 24.0 Å². The Hall–Kier alpha value is -2.05. The summed E-state index contributed by atoms with van der Waals surface area (Å²) in [5.74, 6) is -2.96. The highest BCUT2D eigenvalue weighted by atomic mass is 19.4. The van der Waals surface area contributed by atoms with Crippen molar-refractivity contribution in [3.05, 3.63) is 35.4 Å². The van der Waals surface area contributed by atoms with Gasteiger partial charge in [-0.2, -0.15) is 13.2 Å². The number of halogens is 3. The molecule has 2 unspecified atom stereocenters. The second-order valence-corrected chi connectivity index (χ2v) is 5.46. The Morgan fingerprint density at radius 3 is 2.23 bits per heavy atom. The number of amides is 1. The number of alkyl halides is 3. The van der Waals surface area contributed by atoms with Gasteiger partial charge in [-0.15, -0.1) is 0 Å². The van der Waals surface area contributed by atoms with Crippen LogP contribution in [0.2, 0.25) is 0 Å². The summed E-state index contributed by atoms with van der Waals surface area (Å²) in [5.41, 5.74) is 0.283. The van der Waals surface area contributed by atoms with Crippen molar-refractivity contribution in [2.24, 2.45) is 5.92 Å². The van der Waals surface area contributed by atoms with E-state index >= 15 is 0 Å². The second kappa shape index (κ2) is 6.37. The van der Waals surface area contributed by atoms with Crippen LogP contribution in [0.4, 0.5) is 13.2 Å². The van der Waals surface area contributed by atoms with E-state index in [1.165, 1.54) is 24.3 Å². The molecule has 0 radical (unpaired) electrons. The first-order valence-corrected chi connectivity index (χ1v) is 6.98. The Morgan fingerprint density at radius 1 is 1.09 bits per heavy atom. The van der Waals surface area contributed by atoms with Gasteiger partial charge < -0.3 is 10.4 Å². The maximum Gasteiger partial charge on any atom is 0.391 e. The lowest BCUT2D eigenvalue weighted by Gasteiger charge is -2.31. The Balaban J connectivity index is 1.98. The third-order valence-corrected chi connectivity index (χ3v) is 3.87. The third kappa shape index (κ3) is 3.99. The van der Waals surface area contributed by atoms with Crippen molar-refractivity contribution in [3.8, 4) is 0 Å². The zero-order chi connectivity index (χ0) is 16.3. The highest BCUT2D eigenvalue weighted by molar-refractivity contribution is 5.96. The molecule has 4 nitrogen and oxygen atoms in total. The van der Waals surface area contributed by atoms with E-state index < -0.39 is 30.0 Å². The molecule has 2 N–H and O–H groups in total. The van der Waals surface area contributed by atoms with Gasteiger partial charge in [0.1, 0.15) is 0 Å². The fourth-order valence-corrected chi connectivity index (χ4v) is 2.65. The van der Waals surface area contributed by atoms with Crippen LogP contribution in [0, 0.1) is 5.92 Å². The van der Waals surface area contributed by atoms with Crippen molar-refractivity contribution < 1.29 is 27.9 Å². The minimum atomic E-state index is -4.23. The number of nitrogens with one attached hydrogen (secondary N) is 1. The average Bonchev–Trinajstić information content (AvgIpc) is 2.46. The first kappa shape index (κ1) is 16.3. The first-order chi connectivity index (χ1) is 10.3. The number of aromatic carboxylic acids is 1. The molecular formula is C15H16F3NO3. The van der Waals surface area contributed by atoms with E-state index in [0.717, 1.165) is 0 Å². The second-order valence-electron chi connectivity index (χ2n) is 5.46. The van der Waals surface area contributed by atoms with Crippen molar-refractivity contribution in [3.63, 3.8) is 0 Å². The van der Waals surface area contributed by atoms with Crippen LogP contribution < -0.4 is 5.32 Å². The molecule has 1 aliphatic rings. The van der Waals surface area contributed by atoms with E-state index in [1.807, 2.05) is 0 Å². The maximum absolute atomic E-state index is 12.7. The number of carbonyl (C=O) groups excluding carboxylic acids is 1. The topological polar surface area (TPSA) is 66.4 Å². The lowest BCUT2D eigenvalue weighted by molar-refractivity contribution is -0.183. The van der Waals surface area contributed by atoms with E-state index in [2.05, 4.69) is 5.32 Å². The maximum atomic E-state index is 12.7. The van der Waals surface area contributed by atoms with Crippen LogP contribution in [0.15, 0.2) is 24.3 Å². The highest BCUT2D eigenvalue weighted by Gasteiger charge is 2.42. The quantitative estimate of drug-likeness (QED) is 0.900.